The molecule has 0 spiro atoms. The second kappa shape index (κ2) is 5.36. The third kappa shape index (κ3) is 2.48. The largest absolute Gasteiger partial charge is 0.275 e. The lowest BCUT2D eigenvalue weighted by molar-refractivity contribution is 0.0985. The zero-order chi connectivity index (χ0) is 16.9. The van der Waals surface area contributed by atoms with Crippen molar-refractivity contribution in [2.24, 2.45) is 7.05 Å². The van der Waals surface area contributed by atoms with Crippen molar-refractivity contribution >= 4 is 59.7 Å². The van der Waals surface area contributed by atoms with Crippen LogP contribution in [0.15, 0.2) is 40.2 Å². The molecule has 0 aliphatic rings. The molecule has 7 nitrogen and oxygen atoms in total. The van der Waals surface area contributed by atoms with E-state index in [0.717, 1.165) is 10.1 Å². The first-order valence-electron chi connectivity index (χ1n) is 6.75. The number of hydrogen-bond acceptors (Lipinski definition) is 7. The van der Waals surface area contributed by atoms with E-state index in [1.807, 2.05) is 10.8 Å². The van der Waals surface area contributed by atoms with E-state index in [0.29, 0.717) is 15.9 Å². The van der Waals surface area contributed by atoms with Gasteiger partial charge in [-0.05, 0) is 17.5 Å². The Hall–Kier alpha value is -2.30. The number of carbonyl (C=O) groups excluding carboxylic acids is 1. The molecule has 0 atom stereocenters. The van der Waals surface area contributed by atoms with Gasteiger partial charge in [-0.3, -0.25) is 9.48 Å². The molecule has 1 N–H and O–H groups in total. The number of aryl methyl sites for hydroxylation is 1. The lowest BCUT2D eigenvalue weighted by atomic mass is 10.3. The van der Waals surface area contributed by atoms with Crippen LogP contribution >= 0.6 is 22.7 Å². The van der Waals surface area contributed by atoms with Gasteiger partial charge < -0.3 is 0 Å². The highest BCUT2D eigenvalue weighted by Crippen LogP contribution is 2.29. The number of hydrogen-bond donors (Lipinski definition) is 1. The number of rotatable bonds is 3. The first kappa shape index (κ1) is 15.2. The first-order valence-corrected chi connectivity index (χ1v) is 9.99. The van der Waals surface area contributed by atoms with Crippen LogP contribution in [0.5, 0.6) is 0 Å². The summed E-state index contributed by atoms with van der Waals surface area (Å²) in [4.78, 5) is 16.6. The van der Waals surface area contributed by atoms with E-state index >= 15 is 0 Å². The van der Waals surface area contributed by atoms with E-state index in [2.05, 4.69) is 14.8 Å². The molecule has 4 heterocycles. The molecule has 0 aromatic carbocycles. The Kier molecular flexibility index (Phi) is 3.41. The summed E-state index contributed by atoms with van der Waals surface area (Å²) in [5.74, 6) is -0.646. The monoisotopic (exact) mass is 378 g/mol. The summed E-state index contributed by atoms with van der Waals surface area (Å²) >= 11 is 2.80. The van der Waals surface area contributed by atoms with E-state index in [9.17, 15) is 13.2 Å². The molecule has 0 aliphatic heterocycles. The van der Waals surface area contributed by atoms with Crippen molar-refractivity contribution in [1.82, 2.24) is 19.5 Å². The van der Waals surface area contributed by atoms with E-state index in [4.69, 9.17) is 0 Å². The maximum Gasteiger partial charge on any atom is 0.275 e. The van der Waals surface area contributed by atoms with Crippen LogP contribution in [0.2, 0.25) is 0 Å². The lowest BCUT2D eigenvalue weighted by Crippen LogP contribution is -2.30. The Labute approximate surface area is 144 Å². The topological polar surface area (TPSA) is 94.0 Å². The summed E-state index contributed by atoms with van der Waals surface area (Å²) < 4.78 is 29.4. The minimum Gasteiger partial charge on any atom is -0.267 e. The highest BCUT2D eigenvalue weighted by molar-refractivity contribution is 7.90. The first-order chi connectivity index (χ1) is 11.4. The van der Waals surface area contributed by atoms with Gasteiger partial charge in [0.2, 0.25) is 0 Å². The van der Waals surface area contributed by atoms with Gasteiger partial charge in [-0.15, -0.1) is 11.3 Å². The maximum atomic E-state index is 12.4. The molecule has 10 heteroatoms. The number of carbonyl (C=O) groups is 1. The van der Waals surface area contributed by atoms with Crippen molar-refractivity contribution in [1.29, 1.82) is 0 Å². The van der Waals surface area contributed by atoms with Crippen LogP contribution in [-0.2, 0) is 17.1 Å². The van der Waals surface area contributed by atoms with Crippen molar-refractivity contribution in [3.8, 4) is 0 Å². The van der Waals surface area contributed by atoms with Crippen molar-refractivity contribution in [3.63, 3.8) is 0 Å². The maximum absolute atomic E-state index is 12.4. The molecule has 4 rings (SSSR count). The minimum atomic E-state index is -4.00. The highest BCUT2D eigenvalue weighted by atomic mass is 32.2. The molecule has 0 radical (unpaired) electrons. The van der Waals surface area contributed by atoms with Crippen LogP contribution in [0.1, 0.15) is 9.67 Å². The Morgan fingerprint density at radius 2 is 2.04 bits per heavy atom. The Morgan fingerprint density at radius 3 is 2.83 bits per heavy atom. The van der Waals surface area contributed by atoms with Crippen molar-refractivity contribution in [2.75, 3.05) is 0 Å². The van der Waals surface area contributed by atoms with Gasteiger partial charge in [0.1, 0.15) is 4.90 Å². The quantitative estimate of drug-likeness (QED) is 0.591. The van der Waals surface area contributed by atoms with Crippen molar-refractivity contribution < 1.29 is 13.2 Å². The number of amides is 1. The van der Waals surface area contributed by atoms with Gasteiger partial charge >= 0.3 is 0 Å². The molecule has 0 saturated carbocycles. The number of nitrogens with one attached hydrogen (secondary N) is 1. The number of aromatic nitrogens is 3. The zero-order valence-corrected chi connectivity index (χ0v) is 14.7. The summed E-state index contributed by atoms with van der Waals surface area (Å²) in [6.07, 6.45) is 2.74. The second-order valence-corrected chi connectivity index (χ2v) is 8.60. The fraction of sp³-hybridized carbons (Fsp3) is 0.0714. The molecule has 1 amide bonds. The molecule has 4 aromatic rings. The van der Waals surface area contributed by atoms with E-state index in [1.165, 1.54) is 41.1 Å². The van der Waals surface area contributed by atoms with Crippen LogP contribution < -0.4 is 4.72 Å². The number of fused-ring (bicyclic) bond motifs is 2. The van der Waals surface area contributed by atoms with Crippen LogP contribution in [-0.4, -0.2) is 29.1 Å². The molecule has 122 valence electrons. The summed E-state index contributed by atoms with van der Waals surface area (Å²) in [6, 6.07) is 3.13. The average molecular weight is 378 g/mol. The van der Waals surface area contributed by atoms with Gasteiger partial charge in [-0.2, -0.15) is 16.4 Å². The second-order valence-electron chi connectivity index (χ2n) is 5.09. The van der Waals surface area contributed by atoms with Gasteiger partial charge in [0, 0.05) is 34.1 Å². The molecule has 24 heavy (non-hydrogen) atoms. The number of nitrogens with zero attached hydrogens (tertiary/aromatic N) is 3. The van der Waals surface area contributed by atoms with E-state index in [-0.39, 0.29) is 4.90 Å². The fourth-order valence-electron chi connectivity index (χ4n) is 2.29. The van der Waals surface area contributed by atoms with Gasteiger partial charge in [-0.25, -0.2) is 18.1 Å². The van der Waals surface area contributed by atoms with Crippen molar-refractivity contribution in [3.05, 3.63) is 40.2 Å². The van der Waals surface area contributed by atoms with Crippen LogP contribution in [0.3, 0.4) is 0 Å². The lowest BCUT2D eigenvalue weighted by Gasteiger charge is -2.05. The van der Waals surface area contributed by atoms with Gasteiger partial charge in [-0.1, -0.05) is 0 Å². The summed E-state index contributed by atoms with van der Waals surface area (Å²) in [5.41, 5.74) is 0.568. The molecule has 0 unspecified atom stereocenters. The predicted molar refractivity (Wildman–Crippen MR) is 92.9 cm³/mol. The minimum absolute atomic E-state index is 0.0749. The zero-order valence-electron chi connectivity index (χ0n) is 12.3. The number of sulfonamides is 1. The Bertz CT molecular complexity index is 1160. The van der Waals surface area contributed by atoms with Crippen LogP contribution in [0.4, 0.5) is 0 Å². The van der Waals surface area contributed by atoms with E-state index in [1.54, 1.807) is 17.8 Å². The van der Waals surface area contributed by atoms with Gasteiger partial charge in [0.25, 0.3) is 15.9 Å². The molecular formula is C14H10N4O3S3. The summed E-state index contributed by atoms with van der Waals surface area (Å²) in [5, 5.41) is 9.38. The summed E-state index contributed by atoms with van der Waals surface area (Å²) in [7, 11) is -2.28. The molecule has 0 bridgehead atoms. The normalized spacial score (nSPS) is 12.0. The Balaban J connectivity index is 1.65. The Morgan fingerprint density at radius 1 is 1.21 bits per heavy atom. The smallest absolute Gasteiger partial charge is 0.267 e. The molecular weight excluding hydrogens is 368 g/mol. The predicted octanol–water partition coefficient (Wildman–Crippen LogP) is 2.36. The van der Waals surface area contributed by atoms with E-state index < -0.39 is 15.9 Å². The fourth-order valence-corrected chi connectivity index (χ4v) is 5.20. The third-order valence-electron chi connectivity index (χ3n) is 3.47. The highest BCUT2D eigenvalue weighted by Gasteiger charge is 2.21. The molecule has 0 saturated heterocycles. The van der Waals surface area contributed by atoms with Crippen molar-refractivity contribution in [2.45, 2.75) is 4.90 Å². The van der Waals surface area contributed by atoms with Gasteiger partial charge in [0.15, 0.2) is 5.65 Å². The summed E-state index contributed by atoms with van der Waals surface area (Å²) in [6.45, 7) is 0. The number of thiophene rings is 2. The molecule has 0 fully saturated rings. The van der Waals surface area contributed by atoms with Crippen LogP contribution in [0.25, 0.3) is 21.1 Å². The average Bonchev–Trinajstić information content (AvgIpc) is 3.21. The molecule has 4 aromatic heterocycles. The number of pyridine rings is 1. The van der Waals surface area contributed by atoms with Gasteiger partial charge in [0.05, 0.1) is 11.1 Å². The SMILES string of the molecule is Cn1ncc2cc(S(=O)(=O)NC(=O)c3cc4cscc4s3)cnc21. The molecule has 0 aliphatic carbocycles. The third-order valence-corrected chi connectivity index (χ3v) is 6.77. The van der Waals surface area contributed by atoms with Crippen LogP contribution in [0, 0.1) is 0 Å². The standard InChI is InChI=1S/C14H10N4O3S3/c1-18-13-8(4-16-18)2-10(5-15-13)24(20,21)17-14(19)11-3-9-6-22-7-12(9)23-11/h2-7H,1H3,(H,17,19).